The second-order valence-electron chi connectivity index (χ2n) is 8.27. The molecule has 5 nitrogen and oxygen atoms in total. The van der Waals surface area contributed by atoms with Gasteiger partial charge in [-0.1, -0.05) is 32.4 Å². The SMILES string of the molecule is CN=C(NCc1cccc(NC(=O)CC(C)C)c1)N1CCC2(CCC2)C1. The first-order valence-electron chi connectivity index (χ1n) is 9.84. The van der Waals surface area contributed by atoms with E-state index in [1.54, 1.807) is 0 Å². The van der Waals surface area contributed by atoms with Crippen molar-refractivity contribution in [1.82, 2.24) is 10.2 Å². The zero-order chi connectivity index (χ0) is 18.6. The van der Waals surface area contributed by atoms with E-state index in [0.29, 0.717) is 24.3 Å². The van der Waals surface area contributed by atoms with E-state index < -0.39 is 0 Å². The Balaban J connectivity index is 1.53. The number of amides is 1. The predicted octanol–water partition coefficient (Wildman–Crippen LogP) is 3.62. The smallest absolute Gasteiger partial charge is 0.224 e. The topological polar surface area (TPSA) is 56.7 Å². The minimum Gasteiger partial charge on any atom is -0.352 e. The summed E-state index contributed by atoms with van der Waals surface area (Å²) in [5, 5.41) is 6.48. The normalized spacial score (nSPS) is 18.9. The van der Waals surface area contributed by atoms with Crippen LogP contribution in [0.25, 0.3) is 0 Å². The highest BCUT2D eigenvalue weighted by atomic mass is 16.1. The number of rotatable bonds is 5. The first-order chi connectivity index (χ1) is 12.5. The maximum absolute atomic E-state index is 12.0. The lowest BCUT2D eigenvalue weighted by atomic mass is 9.68. The fourth-order valence-corrected chi connectivity index (χ4v) is 4.06. The Hall–Kier alpha value is -2.04. The molecule has 3 rings (SSSR count). The largest absolute Gasteiger partial charge is 0.352 e. The van der Waals surface area contributed by atoms with Crippen LogP contribution in [0.3, 0.4) is 0 Å². The molecule has 2 aliphatic rings. The van der Waals surface area contributed by atoms with Crippen molar-refractivity contribution in [2.45, 2.75) is 52.5 Å². The zero-order valence-corrected chi connectivity index (χ0v) is 16.3. The van der Waals surface area contributed by atoms with Gasteiger partial charge in [0.2, 0.25) is 5.91 Å². The molecule has 1 aromatic rings. The second kappa shape index (κ2) is 8.11. The molecule has 0 aromatic heterocycles. The summed E-state index contributed by atoms with van der Waals surface area (Å²) >= 11 is 0. The molecule has 0 atom stereocenters. The van der Waals surface area contributed by atoms with Crippen LogP contribution in [0, 0.1) is 11.3 Å². The van der Waals surface area contributed by atoms with Gasteiger partial charge in [0.05, 0.1) is 0 Å². The average Bonchev–Trinajstić information content (AvgIpc) is 3.01. The number of guanidine groups is 1. The summed E-state index contributed by atoms with van der Waals surface area (Å²) in [6.07, 6.45) is 5.98. The molecule has 0 bridgehead atoms. The Labute approximate surface area is 157 Å². The summed E-state index contributed by atoms with van der Waals surface area (Å²) < 4.78 is 0. The molecule has 1 heterocycles. The van der Waals surface area contributed by atoms with E-state index in [-0.39, 0.29) is 5.91 Å². The molecule has 1 amide bonds. The van der Waals surface area contributed by atoms with Gasteiger partial charge in [-0.3, -0.25) is 9.79 Å². The van der Waals surface area contributed by atoms with Gasteiger partial charge >= 0.3 is 0 Å². The Morgan fingerprint density at radius 1 is 1.31 bits per heavy atom. The summed E-state index contributed by atoms with van der Waals surface area (Å²) in [7, 11) is 1.86. The lowest BCUT2D eigenvalue weighted by Gasteiger charge is -2.38. The van der Waals surface area contributed by atoms with Crippen LogP contribution in [0.15, 0.2) is 29.3 Å². The van der Waals surface area contributed by atoms with E-state index in [1.165, 1.54) is 25.7 Å². The molecule has 2 N–H and O–H groups in total. The first kappa shape index (κ1) is 18.7. The summed E-state index contributed by atoms with van der Waals surface area (Å²) in [6.45, 7) is 7.06. The van der Waals surface area contributed by atoms with Crippen molar-refractivity contribution in [1.29, 1.82) is 0 Å². The van der Waals surface area contributed by atoms with Gasteiger partial charge in [0.25, 0.3) is 0 Å². The van der Waals surface area contributed by atoms with E-state index in [2.05, 4.69) is 40.4 Å². The minimum atomic E-state index is 0.0729. The fourth-order valence-electron chi connectivity index (χ4n) is 4.06. The molecular formula is C21H32N4O. The molecule has 1 saturated carbocycles. The average molecular weight is 357 g/mol. The lowest BCUT2D eigenvalue weighted by molar-refractivity contribution is -0.116. The van der Waals surface area contributed by atoms with Gasteiger partial charge in [0.1, 0.15) is 0 Å². The van der Waals surface area contributed by atoms with Crippen LogP contribution in [0.1, 0.15) is 51.5 Å². The predicted molar refractivity (Wildman–Crippen MR) is 107 cm³/mol. The molecule has 1 aromatic carbocycles. The summed E-state index contributed by atoms with van der Waals surface area (Å²) in [4.78, 5) is 18.8. The van der Waals surface area contributed by atoms with Crippen molar-refractivity contribution in [2.24, 2.45) is 16.3 Å². The highest BCUT2D eigenvalue weighted by Crippen LogP contribution is 2.47. The second-order valence-corrected chi connectivity index (χ2v) is 8.27. The highest BCUT2D eigenvalue weighted by molar-refractivity contribution is 5.90. The molecule has 0 unspecified atom stereocenters. The molecule has 2 fully saturated rings. The summed E-state index contributed by atoms with van der Waals surface area (Å²) in [5.41, 5.74) is 2.57. The number of nitrogens with one attached hydrogen (secondary N) is 2. The van der Waals surface area contributed by atoms with Crippen molar-refractivity contribution < 1.29 is 4.79 Å². The van der Waals surface area contributed by atoms with Crippen LogP contribution < -0.4 is 10.6 Å². The maximum Gasteiger partial charge on any atom is 0.224 e. The van der Waals surface area contributed by atoms with Gasteiger partial charge < -0.3 is 15.5 Å². The summed E-state index contributed by atoms with van der Waals surface area (Å²) in [6, 6.07) is 8.05. The number of anilines is 1. The van der Waals surface area contributed by atoms with Crippen molar-refractivity contribution in [2.75, 3.05) is 25.5 Å². The van der Waals surface area contributed by atoms with Crippen LogP contribution in [0.2, 0.25) is 0 Å². The van der Waals surface area contributed by atoms with Crippen molar-refractivity contribution in [3.8, 4) is 0 Å². The number of hydrogen-bond donors (Lipinski definition) is 2. The van der Waals surface area contributed by atoms with Gasteiger partial charge in [-0.15, -0.1) is 0 Å². The Morgan fingerprint density at radius 3 is 2.73 bits per heavy atom. The first-order valence-corrected chi connectivity index (χ1v) is 9.84. The van der Waals surface area contributed by atoms with E-state index in [0.717, 1.165) is 30.3 Å². The third kappa shape index (κ3) is 4.57. The van der Waals surface area contributed by atoms with Gasteiger partial charge in [0.15, 0.2) is 5.96 Å². The maximum atomic E-state index is 12.0. The van der Waals surface area contributed by atoms with E-state index in [1.807, 2.05) is 25.2 Å². The van der Waals surface area contributed by atoms with Gasteiger partial charge in [-0.05, 0) is 48.3 Å². The number of carbonyl (C=O) groups excluding carboxylic acids is 1. The number of aliphatic imine (C=N–C) groups is 1. The summed E-state index contributed by atoms with van der Waals surface area (Å²) in [5.74, 6) is 1.43. The molecule has 1 aliphatic heterocycles. The van der Waals surface area contributed by atoms with E-state index in [4.69, 9.17) is 0 Å². The van der Waals surface area contributed by atoms with E-state index >= 15 is 0 Å². The van der Waals surface area contributed by atoms with Crippen LogP contribution >= 0.6 is 0 Å². The third-order valence-corrected chi connectivity index (χ3v) is 5.62. The third-order valence-electron chi connectivity index (χ3n) is 5.62. The Morgan fingerprint density at radius 2 is 2.12 bits per heavy atom. The molecule has 5 heteroatoms. The van der Waals surface area contributed by atoms with Crippen molar-refractivity contribution in [3.05, 3.63) is 29.8 Å². The monoisotopic (exact) mass is 356 g/mol. The Kier molecular flexibility index (Phi) is 5.84. The molecule has 142 valence electrons. The molecule has 1 saturated heterocycles. The molecule has 26 heavy (non-hydrogen) atoms. The number of likely N-dealkylation sites (tertiary alicyclic amines) is 1. The van der Waals surface area contributed by atoms with Gasteiger partial charge in [-0.2, -0.15) is 0 Å². The number of carbonyl (C=O) groups is 1. The number of benzene rings is 1. The van der Waals surface area contributed by atoms with Gasteiger partial charge in [-0.25, -0.2) is 0 Å². The van der Waals surface area contributed by atoms with Crippen molar-refractivity contribution >= 4 is 17.6 Å². The zero-order valence-electron chi connectivity index (χ0n) is 16.3. The Bertz CT molecular complexity index is 664. The minimum absolute atomic E-state index is 0.0729. The quantitative estimate of drug-likeness (QED) is 0.626. The van der Waals surface area contributed by atoms with Crippen LogP contribution in [-0.4, -0.2) is 36.9 Å². The fraction of sp³-hybridized carbons (Fsp3) is 0.619. The lowest BCUT2D eigenvalue weighted by Crippen LogP contribution is -2.42. The van der Waals surface area contributed by atoms with Crippen LogP contribution in [0.4, 0.5) is 5.69 Å². The molecule has 1 aliphatic carbocycles. The van der Waals surface area contributed by atoms with Crippen LogP contribution in [0.5, 0.6) is 0 Å². The number of hydrogen-bond acceptors (Lipinski definition) is 2. The molecule has 0 radical (unpaired) electrons. The standard InChI is InChI=1S/C21H32N4O/c1-16(2)12-19(26)24-18-7-4-6-17(13-18)14-23-20(22-3)25-11-10-21(15-25)8-5-9-21/h4,6-7,13,16H,5,8-12,14-15H2,1-3H3,(H,22,23)(H,24,26). The number of nitrogens with zero attached hydrogens (tertiary/aromatic N) is 2. The molecular weight excluding hydrogens is 324 g/mol. The molecule has 1 spiro atoms. The highest BCUT2D eigenvalue weighted by Gasteiger charge is 2.43. The van der Waals surface area contributed by atoms with Gasteiger partial charge in [0, 0.05) is 38.8 Å². The van der Waals surface area contributed by atoms with Crippen molar-refractivity contribution in [3.63, 3.8) is 0 Å². The van der Waals surface area contributed by atoms with E-state index in [9.17, 15) is 4.79 Å². The van der Waals surface area contributed by atoms with Crippen LogP contribution in [-0.2, 0) is 11.3 Å².